The van der Waals surface area contributed by atoms with E-state index in [9.17, 15) is 14.4 Å². The van der Waals surface area contributed by atoms with Gasteiger partial charge in [0, 0.05) is 42.1 Å². The molecule has 140 valence electrons. The van der Waals surface area contributed by atoms with Crippen molar-refractivity contribution in [1.82, 2.24) is 0 Å². The molecule has 0 heterocycles. The Morgan fingerprint density at radius 2 is 1.08 bits per heavy atom. The second-order valence-corrected chi connectivity index (χ2v) is 4.93. The van der Waals surface area contributed by atoms with E-state index in [1.807, 2.05) is 0 Å². The first kappa shape index (κ1) is 22.3. The van der Waals surface area contributed by atoms with Crippen molar-refractivity contribution in [1.29, 1.82) is 0 Å². The lowest BCUT2D eigenvalue weighted by Gasteiger charge is -2.34. The zero-order valence-electron chi connectivity index (χ0n) is 14.9. The van der Waals surface area contributed by atoms with Gasteiger partial charge in [-0.05, 0) is 0 Å². The molecule has 0 aromatic carbocycles. The third kappa shape index (κ3) is 8.23. The Bertz CT molecular complexity index is 410. The van der Waals surface area contributed by atoms with Gasteiger partial charge >= 0.3 is 17.9 Å². The van der Waals surface area contributed by atoms with E-state index in [4.69, 9.17) is 28.4 Å². The summed E-state index contributed by atoms with van der Waals surface area (Å²) >= 11 is 0. The van der Waals surface area contributed by atoms with E-state index in [1.54, 1.807) is 0 Å². The van der Waals surface area contributed by atoms with E-state index in [2.05, 4.69) is 0 Å². The first-order chi connectivity index (χ1) is 11.3. The lowest BCUT2D eigenvalue weighted by molar-refractivity contribution is -0.188. The molecule has 0 unspecified atom stereocenters. The van der Waals surface area contributed by atoms with Gasteiger partial charge in [-0.2, -0.15) is 0 Å². The second kappa shape index (κ2) is 11.8. The fraction of sp³-hybridized carbons (Fsp3) is 0.800. The summed E-state index contributed by atoms with van der Waals surface area (Å²) in [7, 11) is 4.21. The Morgan fingerprint density at radius 1 is 0.667 bits per heavy atom. The van der Waals surface area contributed by atoms with Crippen LogP contribution in [0.4, 0.5) is 0 Å². The molecule has 0 aromatic heterocycles. The maximum Gasteiger partial charge on any atom is 0.303 e. The van der Waals surface area contributed by atoms with Crippen LogP contribution in [0, 0.1) is 0 Å². The van der Waals surface area contributed by atoms with Crippen LogP contribution in [0.3, 0.4) is 0 Å². The van der Waals surface area contributed by atoms with Crippen LogP contribution >= 0.6 is 0 Å². The van der Waals surface area contributed by atoms with Gasteiger partial charge in [0.05, 0.1) is 0 Å². The molecule has 0 radical (unpaired) electrons. The molecule has 0 aromatic rings. The van der Waals surface area contributed by atoms with Crippen molar-refractivity contribution in [2.75, 3.05) is 34.5 Å². The molecule has 4 atom stereocenters. The van der Waals surface area contributed by atoms with E-state index >= 15 is 0 Å². The predicted molar refractivity (Wildman–Crippen MR) is 81.2 cm³/mol. The van der Waals surface area contributed by atoms with Crippen molar-refractivity contribution in [3.05, 3.63) is 0 Å². The Labute approximate surface area is 141 Å². The maximum atomic E-state index is 11.3. The molecule has 0 aliphatic carbocycles. The summed E-state index contributed by atoms with van der Waals surface area (Å²) in [6.45, 7) is 3.44. The first-order valence-electron chi connectivity index (χ1n) is 7.29. The first-order valence-corrected chi connectivity index (χ1v) is 7.29. The number of hydrogen-bond acceptors (Lipinski definition) is 9. The van der Waals surface area contributed by atoms with Crippen LogP contribution in [0.2, 0.25) is 0 Å². The quantitative estimate of drug-likeness (QED) is 0.378. The molecule has 0 aliphatic heterocycles. The molecule has 0 spiro atoms. The summed E-state index contributed by atoms with van der Waals surface area (Å²) in [5.74, 6) is -1.57. The normalized spacial score (nSPS) is 15.8. The van der Waals surface area contributed by atoms with Crippen molar-refractivity contribution in [3.8, 4) is 0 Å². The molecule has 9 nitrogen and oxygen atoms in total. The highest BCUT2D eigenvalue weighted by Gasteiger charge is 2.38. The largest absolute Gasteiger partial charge is 0.463 e. The van der Waals surface area contributed by atoms with Crippen LogP contribution in [-0.2, 0) is 42.8 Å². The Balaban J connectivity index is 5.26. The number of carbonyl (C=O) groups is 3. The second-order valence-electron chi connectivity index (χ2n) is 4.93. The molecule has 24 heavy (non-hydrogen) atoms. The number of ether oxygens (including phenoxy) is 6. The highest BCUT2D eigenvalue weighted by atomic mass is 16.6. The number of hydrogen-bond donors (Lipinski definition) is 0. The molecule has 0 bridgehead atoms. The highest BCUT2D eigenvalue weighted by molar-refractivity contribution is 5.67. The minimum absolute atomic E-state index is 0.0788. The highest BCUT2D eigenvalue weighted by Crippen LogP contribution is 2.18. The Hall–Kier alpha value is -1.71. The molecule has 0 saturated carbocycles. The van der Waals surface area contributed by atoms with Gasteiger partial charge in [-0.3, -0.25) is 14.4 Å². The van der Waals surface area contributed by atoms with E-state index in [0.717, 1.165) is 0 Å². The number of carbonyl (C=O) groups excluding carboxylic acids is 3. The summed E-state index contributed by atoms with van der Waals surface area (Å²) in [5.41, 5.74) is 0. The van der Waals surface area contributed by atoms with Crippen LogP contribution < -0.4 is 0 Å². The number of esters is 3. The van der Waals surface area contributed by atoms with Gasteiger partial charge in [-0.1, -0.05) is 0 Å². The third-order valence-electron chi connectivity index (χ3n) is 3.12. The molecule has 0 aliphatic rings. The fourth-order valence-corrected chi connectivity index (χ4v) is 2.10. The topological polar surface area (TPSA) is 107 Å². The van der Waals surface area contributed by atoms with E-state index < -0.39 is 42.3 Å². The van der Waals surface area contributed by atoms with Gasteiger partial charge < -0.3 is 28.4 Å². The molecule has 0 amide bonds. The number of rotatable bonds is 11. The van der Waals surface area contributed by atoms with Crippen LogP contribution in [0.5, 0.6) is 0 Å². The van der Waals surface area contributed by atoms with Gasteiger partial charge in [0.15, 0.2) is 6.10 Å². The Morgan fingerprint density at radius 3 is 1.42 bits per heavy atom. The molecule has 0 fully saturated rings. The van der Waals surface area contributed by atoms with Gasteiger partial charge in [-0.25, -0.2) is 0 Å². The monoisotopic (exact) mass is 350 g/mol. The van der Waals surface area contributed by atoms with Crippen LogP contribution in [-0.4, -0.2) is 76.9 Å². The van der Waals surface area contributed by atoms with E-state index in [0.29, 0.717) is 0 Å². The summed E-state index contributed by atoms with van der Waals surface area (Å²) in [4.78, 5) is 33.4. The zero-order chi connectivity index (χ0) is 18.7. The van der Waals surface area contributed by atoms with Crippen molar-refractivity contribution < 1.29 is 42.8 Å². The SMILES string of the molecule is CO[C@@H]([C@H](OC)[C@@H](COC(C)=O)OC(C)=O)[C@@H](COC(C)=O)OC. The van der Waals surface area contributed by atoms with Crippen molar-refractivity contribution in [3.63, 3.8) is 0 Å². The summed E-state index contributed by atoms with van der Waals surface area (Å²) in [6, 6.07) is 0. The average Bonchev–Trinajstić information content (AvgIpc) is 2.50. The smallest absolute Gasteiger partial charge is 0.303 e. The lowest BCUT2D eigenvalue weighted by atomic mass is 10.0. The summed E-state index contributed by atoms with van der Waals surface area (Å²) in [5, 5.41) is 0. The minimum Gasteiger partial charge on any atom is -0.463 e. The van der Waals surface area contributed by atoms with Gasteiger partial charge in [-0.15, -0.1) is 0 Å². The third-order valence-corrected chi connectivity index (χ3v) is 3.12. The van der Waals surface area contributed by atoms with Crippen LogP contribution in [0.25, 0.3) is 0 Å². The van der Waals surface area contributed by atoms with Crippen LogP contribution in [0.1, 0.15) is 20.8 Å². The van der Waals surface area contributed by atoms with E-state index in [-0.39, 0.29) is 13.2 Å². The van der Waals surface area contributed by atoms with Crippen LogP contribution in [0.15, 0.2) is 0 Å². The van der Waals surface area contributed by atoms with Gasteiger partial charge in [0.2, 0.25) is 0 Å². The van der Waals surface area contributed by atoms with Crippen molar-refractivity contribution in [2.24, 2.45) is 0 Å². The van der Waals surface area contributed by atoms with Gasteiger partial charge in [0.1, 0.15) is 31.5 Å². The standard InChI is InChI=1S/C15H26O9/c1-9(16)22-7-12(19-4)14(20-5)15(21-6)13(24-11(3)18)8-23-10(2)17/h12-15H,7-8H2,1-6H3/t12-,13-,14-,15-/m1/s1. The fourth-order valence-electron chi connectivity index (χ4n) is 2.10. The molecule has 0 saturated heterocycles. The predicted octanol–water partition coefficient (Wildman–Crippen LogP) is 0.0893. The summed E-state index contributed by atoms with van der Waals surface area (Å²) < 4.78 is 31.1. The van der Waals surface area contributed by atoms with E-state index in [1.165, 1.54) is 42.1 Å². The van der Waals surface area contributed by atoms with Crippen molar-refractivity contribution >= 4 is 17.9 Å². The molecular formula is C15H26O9. The maximum absolute atomic E-state index is 11.3. The Kier molecular flexibility index (Phi) is 10.9. The molecule has 0 rings (SSSR count). The van der Waals surface area contributed by atoms with Crippen molar-refractivity contribution in [2.45, 2.75) is 45.2 Å². The lowest BCUT2D eigenvalue weighted by Crippen LogP contribution is -2.52. The van der Waals surface area contributed by atoms with Gasteiger partial charge in [0.25, 0.3) is 0 Å². The molecule has 0 N–H and O–H groups in total. The number of methoxy groups -OCH3 is 3. The average molecular weight is 350 g/mol. The molecular weight excluding hydrogens is 324 g/mol. The molecule has 9 heteroatoms. The minimum atomic E-state index is -0.920. The summed E-state index contributed by atoms with van der Waals surface area (Å²) in [6.07, 6.45) is -3.17. The zero-order valence-corrected chi connectivity index (χ0v) is 14.9.